The maximum Gasteiger partial charge on any atom is 0.270 e. The number of carbonyl (C=O) groups is 1. The molecule has 0 N–H and O–H groups in total. The molecule has 0 fully saturated rings. The van der Waals surface area contributed by atoms with E-state index in [1.165, 1.54) is 41.3 Å². The SMILES string of the molecule is O=C(c1cccc([N+](=O)[O-])c1)N1CCCc2ccc(F)cc21. The second-order valence-corrected chi connectivity index (χ2v) is 5.14. The van der Waals surface area contributed by atoms with Gasteiger partial charge in [0, 0.05) is 24.2 Å². The van der Waals surface area contributed by atoms with Crippen molar-refractivity contribution >= 4 is 17.3 Å². The second-order valence-electron chi connectivity index (χ2n) is 5.14. The third kappa shape index (κ3) is 2.55. The number of nitrogens with zero attached hydrogens (tertiary/aromatic N) is 2. The Kier molecular flexibility index (Phi) is 3.58. The van der Waals surface area contributed by atoms with E-state index in [4.69, 9.17) is 0 Å². The summed E-state index contributed by atoms with van der Waals surface area (Å²) in [4.78, 5) is 24.4. The predicted molar refractivity (Wildman–Crippen MR) is 79.5 cm³/mol. The van der Waals surface area contributed by atoms with Gasteiger partial charge in [0.25, 0.3) is 11.6 Å². The van der Waals surface area contributed by atoms with Crippen molar-refractivity contribution in [3.63, 3.8) is 0 Å². The number of hydrogen-bond acceptors (Lipinski definition) is 3. The molecular formula is C16H13FN2O3. The standard InChI is InChI=1S/C16H13FN2O3/c17-13-7-6-11-4-2-8-18(15(11)10-13)16(20)12-3-1-5-14(9-12)19(21)22/h1,3,5-7,9-10H,2,4,8H2. The highest BCUT2D eigenvalue weighted by atomic mass is 19.1. The van der Waals surface area contributed by atoms with Crippen LogP contribution in [0.5, 0.6) is 0 Å². The molecule has 0 atom stereocenters. The van der Waals surface area contributed by atoms with E-state index in [0.29, 0.717) is 12.2 Å². The molecule has 1 heterocycles. The average Bonchev–Trinajstić information content (AvgIpc) is 2.53. The van der Waals surface area contributed by atoms with E-state index >= 15 is 0 Å². The lowest BCUT2D eigenvalue weighted by Gasteiger charge is -2.29. The van der Waals surface area contributed by atoms with Gasteiger partial charge < -0.3 is 4.90 Å². The number of halogens is 1. The van der Waals surface area contributed by atoms with Gasteiger partial charge in [-0.2, -0.15) is 0 Å². The first-order valence-corrected chi connectivity index (χ1v) is 6.91. The number of carbonyl (C=O) groups excluding carboxylic acids is 1. The fourth-order valence-corrected chi connectivity index (χ4v) is 2.67. The van der Waals surface area contributed by atoms with Crippen molar-refractivity contribution in [2.45, 2.75) is 12.8 Å². The van der Waals surface area contributed by atoms with E-state index in [1.54, 1.807) is 6.07 Å². The van der Waals surface area contributed by atoms with Crippen molar-refractivity contribution in [3.05, 3.63) is 69.5 Å². The number of amides is 1. The van der Waals surface area contributed by atoms with Crippen LogP contribution in [0, 0.1) is 15.9 Å². The number of anilines is 1. The molecule has 0 radical (unpaired) electrons. The van der Waals surface area contributed by atoms with Crippen molar-refractivity contribution in [2.24, 2.45) is 0 Å². The Morgan fingerprint density at radius 1 is 1.23 bits per heavy atom. The van der Waals surface area contributed by atoms with Crippen LogP contribution in [-0.2, 0) is 6.42 Å². The van der Waals surface area contributed by atoms with E-state index in [0.717, 1.165) is 18.4 Å². The molecule has 1 aliphatic rings. The lowest BCUT2D eigenvalue weighted by Crippen LogP contribution is -2.35. The van der Waals surface area contributed by atoms with Gasteiger partial charge in [-0.1, -0.05) is 12.1 Å². The second kappa shape index (κ2) is 5.55. The zero-order valence-corrected chi connectivity index (χ0v) is 11.7. The van der Waals surface area contributed by atoms with Crippen LogP contribution in [0.25, 0.3) is 0 Å². The van der Waals surface area contributed by atoms with Crippen LogP contribution in [0.4, 0.5) is 15.8 Å². The molecule has 0 spiro atoms. The number of nitro benzene ring substituents is 1. The van der Waals surface area contributed by atoms with Gasteiger partial charge in [-0.15, -0.1) is 0 Å². The molecule has 0 saturated heterocycles. The van der Waals surface area contributed by atoms with Gasteiger partial charge in [-0.25, -0.2) is 4.39 Å². The molecule has 2 aromatic rings. The first kappa shape index (κ1) is 14.2. The number of nitro groups is 1. The fourth-order valence-electron chi connectivity index (χ4n) is 2.67. The molecule has 112 valence electrons. The van der Waals surface area contributed by atoms with Crippen LogP contribution in [-0.4, -0.2) is 17.4 Å². The van der Waals surface area contributed by atoms with Gasteiger partial charge in [-0.05, 0) is 36.6 Å². The Labute approximate surface area is 126 Å². The summed E-state index contributed by atoms with van der Waals surface area (Å²) in [5, 5.41) is 10.8. The molecule has 5 nitrogen and oxygen atoms in total. The summed E-state index contributed by atoms with van der Waals surface area (Å²) in [6, 6.07) is 9.97. The Bertz CT molecular complexity index is 761. The zero-order valence-electron chi connectivity index (χ0n) is 11.7. The maximum absolute atomic E-state index is 13.5. The van der Waals surface area contributed by atoms with Gasteiger partial charge in [-0.3, -0.25) is 14.9 Å². The lowest BCUT2D eigenvalue weighted by atomic mass is 10.0. The van der Waals surface area contributed by atoms with Crippen LogP contribution in [0.1, 0.15) is 22.3 Å². The van der Waals surface area contributed by atoms with E-state index in [9.17, 15) is 19.3 Å². The van der Waals surface area contributed by atoms with E-state index in [1.807, 2.05) is 0 Å². The third-order valence-corrected chi connectivity index (χ3v) is 3.72. The largest absolute Gasteiger partial charge is 0.308 e. The maximum atomic E-state index is 13.5. The number of hydrogen-bond donors (Lipinski definition) is 0. The molecule has 0 bridgehead atoms. The quantitative estimate of drug-likeness (QED) is 0.631. The molecule has 3 rings (SSSR count). The summed E-state index contributed by atoms with van der Waals surface area (Å²) in [6.07, 6.45) is 1.56. The highest BCUT2D eigenvalue weighted by Crippen LogP contribution is 2.29. The zero-order chi connectivity index (χ0) is 15.7. The molecule has 0 aliphatic carbocycles. The molecule has 0 saturated carbocycles. The molecule has 0 unspecified atom stereocenters. The van der Waals surface area contributed by atoms with Crippen LogP contribution >= 0.6 is 0 Å². The summed E-state index contributed by atoms with van der Waals surface area (Å²) < 4.78 is 13.5. The number of rotatable bonds is 2. The van der Waals surface area contributed by atoms with E-state index in [-0.39, 0.29) is 17.2 Å². The summed E-state index contributed by atoms with van der Waals surface area (Å²) in [6.45, 7) is 0.470. The normalized spacial score (nSPS) is 13.6. The number of aryl methyl sites for hydroxylation is 1. The smallest absolute Gasteiger partial charge is 0.270 e. The minimum absolute atomic E-state index is 0.137. The van der Waals surface area contributed by atoms with Crippen LogP contribution in [0.15, 0.2) is 42.5 Å². The summed E-state index contributed by atoms with van der Waals surface area (Å²) in [7, 11) is 0. The van der Waals surface area contributed by atoms with Crippen molar-refractivity contribution in [1.29, 1.82) is 0 Å². The van der Waals surface area contributed by atoms with E-state index < -0.39 is 10.7 Å². The molecule has 22 heavy (non-hydrogen) atoms. The fraction of sp³-hybridized carbons (Fsp3) is 0.188. The number of benzene rings is 2. The van der Waals surface area contributed by atoms with Crippen LogP contribution in [0.3, 0.4) is 0 Å². The number of non-ortho nitro benzene ring substituents is 1. The van der Waals surface area contributed by atoms with Gasteiger partial charge >= 0.3 is 0 Å². The van der Waals surface area contributed by atoms with Crippen molar-refractivity contribution in [3.8, 4) is 0 Å². The molecule has 6 heteroatoms. The van der Waals surface area contributed by atoms with E-state index in [2.05, 4.69) is 0 Å². The third-order valence-electron chi connectivity index (χ3n) is 3.72. The molecule has 0 aromatic heterocycles. The topological polar surface area (TPSA) is 63.4 Å². The van der Waals surface area contributed by atoms with Gasteiger partial charge in [0.15, 0.2) is 0 Å². The van der Waals surface area contributed by atoms with Crippen LogP contribution < -0.4 is 4.90 Å². The molecule has 1 aliphatic heterocycles. The Balaban J connectivity index is 1.99. The summed E-state index contributed by atoms with van der Waals surface area (Å²) in [5.41, 5.74) is 1.54. The van der Waals surface area contributed by atoms with Gasteiger partial charge in [0.2, 0.25) is 0 Å². The summed E-state index contributed by atoms with van der Waals surface area (Å²) >= 11 is 0. The Hall–Kier alpha value is -2.76. The van der Waals surface area contributed by atoms with Gasteiger partial charge in [0.1, 0.15) is 5.82 Å². The summed E-state index contributed by atoms with van der Waals surface area (Å²) in [5.74, 6) is -0.757. The van der Waals surface area contributed by atoms with Crippen LogP contribution in [0.2, 0.25) is 0 Å². The molecular weight excluding hydrogens is 287 g/mol. The van der Waals surface area contributed by atoms with Crippen molar-refractivity contribution in [1.82, 2.24) is 0 Å². The highest BCUT2D eigenvalue weighted by Gasteiger charge is 2.25. The monoisotopic (exact) mass is 300 g/mol. The predicted octanol–water partition coefficient (Wildman–Crippen LogP) is 3.33. The van der Waals surface area contributed by atoms with Gasteiger partial charge in [0.05, 0.1) is 10.6 Å². The number of fused-ring (bicyclic) bond motifs is 1. The minimum atomic E-state index is -0.541. The average molecular weight is 300 g/mol. The minimum Gasteiger partial charge on any atom is -0.308 e. The first-order valence-electron chi connectivity index (χ1n) is 6.91. The van der Waals surface area contributed by atoms with Crippen molar-refractivity contribution in [2.75, 3.05) is 11.4 Å². The lowest BCUT2D eigenvalue weighted by molar-refractivity contribution is -0.384. The first-order chi connectivity index (χ1) is 10.6. The van der Waals surface area contributed by atoms with Crippen molar-refractivity contribution < 1.29 is 14.1 Å². The molecule has 2 aromatic carbocycles. The molecule has 1 amide bonds. The Morgan fingerprint density at radius 2 is 2.05 bits per heavy atom. The Morgan fingerprint density at radius 3 is 2.82 bits per heavy atom. The highest BCUT2D eigenvalue weighted by molar-refractivity contribution is 6.07.